The van der Waals surface area contributed by atoms with Crippen molar-refractivity contribution in [2.24, 2.45) is 5.92 Å². The molecule has 1 aromatic rings. The van der Waals surface area contributed by atoms with Gasteiger partial charge in [-0.3, -0.25) is 14.5 Å². The van der Waals surface area contributed by atoms with Gasteiger partial charge in [-0.15, -0.1) is 0 Å². The predicted octanol–water partition coefficient (Wildman–Crippen LogP) is 3.76. The molecule has 0 bridgehead atoms. The van der Waals surface area contributed by atoms with Gasteiger partial charge in [0.25, 0.3) is 11.8 Å². The average molecular weight is 372 g/mol. The van der Waals surface area contributed by atoms with Crippen molar-refractivity contribution in [2.45, 2.75) is 64.5 Å². The Hall–Kier alpha value is -2.37. The molecule has 27 heavy (non-hydrogen) atoms. The van der Waals surface area contributed by atoms with Crippen molar-refractivity contribution >= 4 is 17.9 Å². The van der Waals surface area contributed by atoms with E-state index in [0.717, 1.165) is 25.7 Å². The molecule has 146 valence electrons. The molecule has 0 saturated heterocycles. The van der Waals surface area contributed by atoms with Crippen LogP contribution in [-0.2, 0) is 4.74 Å². The zero-order valence-corrected chi connectivity index (χ0v) is 16.3. The molecule has 3 rings (SSSR count). The second-order valence-electron chi connectivity index (χ2n) is 8.37. The second-order valence-corrected chi connectivity index (χ2v) is 8.37. The quantitative estimate of drug-likeness (QED) is 0.817. The number of carbonyl (C=O) groups is 3. The lowest BCUT2D eigenvalue weighted by atomic mass is 9.83. The van der Waals surface area contributed by atoms with E-state index in [1.807, 2.05) is 0 Å². The van der Waals surface area contributed by atoms with Gasteiger partial charge in [0.1, 0.15) is 5.60 Å². The first kappa shape index (κ1) is 19.4. The molecule has 1 heterocycles. The summed E-state index contributed by atoms with van der Waals surface area (Å²) in [5.74, 6) is -0.342. The van der Waals surface area contributed by atoms with Crippen molar-refractivity contribution in [3.63, 3.8) is 0 Å². The van der Waals surface area contributed by atoms with Gasteiger partial charge in [0.2, 0.25) is 0 Å². The number of amides is 3. The number of rotatable bonds is 4. The lowest BCUT2D eigenvalue weighted by Gasteiger charge is -2.35. The molecule has 0 spiro atoms. The molecule has 0 radical (unpaired) electrons. The third-order valence-corrected chi connectivity index (χ3v) is 5.21. The Balaban J connectivity index is 1.79. The van der Waals surface area contributed by atoms with E-state index in [4.69, 9.17) is 4.74 Å². The number of benzene rings is 1. The van der Waals surface area contributed by atoms with Crippen molar-refractivity contribution in [3.8, 4) is 0 Å². The van der Waals surface area contributed by atoms with Gasteiger partial charge in [0.15, 0.2) is 0 Å². The summed E-state index contributed by atoms with van der Waals surface area (Å²) in [6.07, 6.45) is 4.71. The molecule has 1 unspecified atom stereocenters. The fourth-order valence-electron chi connectivity index (χ4n) is 4.00. The van der Waals surface area contributed by atoms with Gasteiger partial charge in [-0.05, 0) is 51.7 Å². The highest BCUT2D eigenvalue weighted by molar-refractivity contribution is 6.21. The number of imide groups is 1. The molecule has 1 aliphatic carbocycles. The van der Waals surface area contributed by atoms with E-state index in [9.17, 15) is 14.4 Å². The van der Waals surface area contributed by atoms with Crippen molar-refractivity contribution in [1.82, 2.24) is 10.2 Å². The van der Waals surface area contributed by atoms with Crippen LogP contribution in [0.4, 0.5) is 4.79 Å². The number of hydrogen-bond donors (Lipinski definition) is 1. The van der Waals surface area contributed by atoms with Gasteiger partial charge in [-0.25, -0.2) is 4.79 Å². The standard InChI is InChI=1S/C21H28N2O4/c1-21(2,3)27-20(26)22-13-17(14-9-5-4-6-10-14)23-18(24)15-11-7-8-12-16(15)19(23)25/h7-8,11-12,14,17H,4-6,9-10,13H2,1-3H3,(H,22,26). The molecule has 1 aliphatic heterocycles. The minimum atomic E-state index is -0.597. The largest absolute Gasteiger partial charge is 0.444 e. The summed E-state index contributed by atoms with van der Waals surface area (Å²) in [7, 11) is 0. The van der Waals surface area contributed by atoms with Gasteiger partial charge >= 0.3 is 6.09 Å². The van der Waals surface area contributed by atoms with E-state index in [-0.39, 0.29) is 30.3 Å². The summed E-state index contributed by atoms with van der Waals surface area (Å²) in [4.78, 5) is 39.3. The first-order valence-electron chi connectivity index (χ1n) is 9.72. The minimum Gasteiger partial charge on any atom is -0.444 e. The zero-order chi connectivity index (χ0) is 19.6. The Morgan fingerprint density at radius 1 is 1.11 bits per heavy atom. The molecular formula is C21H28N2O4. The van der Waals surface area contributed by atoms with Crippen LogP contribution in [0.1, 0.15) is 73.6 Å². The zero-order valence-electron chi connectivity index (χ0n) is 16.3. The maximum absolute atomic E-state index is 12.9. The summed E-state index contributed by atoms with van der Waals surface area (Å²) in [5.41, 5.74) is 0.293. The third kappa shape index (κ3) is 4.31. The lowest BCUT2D eigenvalue weighted by Crippen LogP contribution is -2.51. The molecule has 6 nitrogen and oxygen atoms in total. The lowest BCUT2D eigenvalue weighted by molar-refractivity contribution is 0.0410. The average Bonchev–Trinajstić information content (AvgIpc) is 2.87. The van der Waals surface area contributed by atoms with Crippen LogP contribution in [0.5, 0.6) is 0 Å². The van der Waals surface area contributed by atoms with Crippen LogP contribution in [0.3, 0.4) is 0 Å². The number of alkyl carbamates (subject to hydrolysis) is 1. The number of fused-ring (bicyclic) bond motifs is 1. The van der Waals surface area contributed by atoms with Gasteiger partial charge in [0, 0.05) is 6.54 Å². The highest BCUT2D eigenvalue weighted by Gasteiger charge is 2.42. The third-order valence-electron chi connectivity index (χ3n) is 5.21. The summed E-state index contributed by atoms with van der Waals surface area (Å²) in [6.45, 7) is 5.62. The molecule has 0 aromatic heterocycles. The van der Waals surface area contributed by atoms with Crippen LogP contribution in [0, 0.1) is 5.92 Å². The summed E-state index contributed by atoms with van der Waals surface area (Å²) in [6, 6.07) is 6.55. The Bertz CT molecular complexity index is 697. The first-order valence-corrected chi connectivity index (χ1v) is 9.72. The Kier molecular flexibility index (Phi) is 5.53. The van der Waals surface area contributed by atoms with Crippen LogP contribution in [0.25, 0.3) is 0 Å². The molecular weight excluding hydrogens is 344 g/mol. The van der Waals surface area contributed by atoms with Gasteiger partial charge in [-0.2, -0.15) is 0 Å². The molecule has 3 amide bonds. The fraction of sp³-hybridized carbons (Fsp3) is 0.571. The van der Waals surface area contributed by atoms with Crippen LogP contribution in [0.2, 0.25) is 0 Å². The van der Waals surface area contributed by atoms with E-state index in [0.29, 0.717) is 11.1 Å². The maximum atomic E-state index is 12.9. The van der Waals surface area contributed by atoms with Crippen LogP contribution in [0.15, 0.2) is 24.3 Å². The van der Waals surface area contributed by atoms with E-state index in [1.165, 1.54) is 11.3 Å². The topological polar surface area (TPSA) is 75.7 Å². The molecule has 1 fully saturated rings. The predicted molar refractivity (Wildman–Crippen MR) is 102 cm³/mol. The molecule has 2 aliphatic rings. The smallest absolute Gasteiger partial charge is 0.407 e. The van der Waals surface area contributed by atoms with E-state index in [1.54, 1.807) is 45.0 Å². The van der Waals surface area contributed by atoms with Gasteiger partial charge in [0.05, 0.1) is 17.2 Å². The van der Waals surface area contributed by atoms with E-state index in [2.05, 4.69) is 5.32 Å². The summed E-state index contributed by atoms with van der Waals surface area (Å²) >= 11 is 0. The SMILES string of the molecule is CC(C)(C)OC(=O)NCC(C1CCCCC1)N1C(=O)c2ccccc2C1=O. The highest BCUT2D eigenvalue weighted by Crippen LogP contribution is 2.33. The number of nitrogens with zero attached hydrogens (tertiary/aromatic N) is 1. The van der Waals surface area contributed by atoms with Crippen molar-refractivity contribution in [1.29, 1.82) is 0 Å². The van der Waals surface area contributed by atoms with Gasteiger partial charge in [-0.1, -0.05) is 31.4 Å². The number of carbonyl (C=O) groups excluding carboxylic acids is 3. The summed E-state index contributed by atoms with van der Waals surface area (Å²) < 4.78 is 5.32. The molecule has 1 aromatic carbocycles. The van der Waals surface area contributed by atoms with E-state index < -0.39 is 11.7 Å². The molecule has 1 saturated carbocycles. The first-order chi connectivity index (χ1) is 12.8. The van der Waals surface area contributed by atoms with Gasteiger partial charge < -0.3 is 10.1 Å². The Morgan fingerprint density at radius 3 is 2.19 bits per heavy atom. The number of ether oxygens (including phenoxy) is 1. The molecule has 1 N–H and O–H groups in total. The second kappa shape index (κ2) is 7.71. The van der Waals surface area contributed by atoms with Crippen molar-refractivity contribution < 1.29 is 19.1 Å². The van der Waals surface area contributed by atoms with Crippen LogP contribution >= 0.6 is 0 Å². The minimum absolute atomic E-state index is 0.191. The Labute approximate surface area is 160 Å². The van der Waals surface area contributed by atoms with E-state index >= 15 is 0 Å². The van der Waals surface area contributed by atoms with Crippen molar-refractivity contribution in [2.75, 3.05) is 6.54 Å². The van der Waals surface area contributed by atoms with Crippen LogP contribution < -0.4 is 5.32 Å². The van der Waals surface area contributed by atoms with Crippen molar-refractivity contribution in [3.05, 3.63) is 35.4 Å². The number of hydrogen-bond acceptors (Lipinski definition) is 4. The fourth-order valence-corrected chi connectivity index (χ4v) is 4.00. The monoisotopic (exact) mass is 372 g/mol. The summed E-state index contributed by atoms with van der Waals surface area (Å²) in [5, 5.41) is 2.77. The Morgan fingerprint density at radius 2 is 1.67 bits per heavy atom. The van der Waals surface area contributed by atoms with Crippen LogP contribution in [-0.4, -0.2) is 41.0 Å². The number of nitrogens with one attached hydrogen (secondary N) is 1. The maximum Gasteiger partial charge on any atom is 0.407 e. The normalized spacial score (nSPS) is 19.0. The highest BCUT2D eigenvalue weighted by atomic mass is 16.6. The molecule has 6 heteroatoms. The molecule has 1 atom stereocenters.